The Kier molecular flexibility index (Phi) is 6.44. The van der Waals surface area contributed by atoms with Crippen LogP contribution in [0.1, 0.15) is 49.9 Å². The number of likely N-dealkylation sites (tertiary alicyclic amines) is 1. The number of carbonyl (C=O) groups is 2. The Morgan fingerprint density at radius 2 is 1.96 bits per heavy atom. The first kappa shape index (κ1) is 17.3. The highest BCUT2D eigenvalue weighted by atomic mass is 16.2. The number of amides is 2. The molecule has 0 spiro atoms. The van der Waals surface area contributed by atoms with Crippen molar-refractivity contribution in [1.29, 1.82) is 0 Å². The summed E-state index contributed by atoms with van der Waals surface area (Å²) in [5.74, 6) is 0.0458. The second-order valence-corrected chi connectivity index (χ2v) is 6.16. The van der Waals surface area contributed by atoms with E-state index in [1.165, 1.54) is 6.42 Å². The number of anilines is 1. The van der Waals surface area contributed by atoms with E-state index in [0.717, 1.165) is 38.0 Å². The molecule has 2 rings (SSSR count). The molecule has 0 bridgehead atoms. The number of hydrogen-bond acceptors (Lipinski definition) is 3. The Labute approximate surface area is 138 Å². The van der Waals surface area contributed by atoms with Gasteiger partial charge in [-0.3, -0.25) is 9.59 Å². The first-order chi connectivity index (χ1) is 11.1. The molecule has 1 atom stereocenters. The van der Waals surface area contributed by atoms with Crippen LogP contribution in [0.5, 0.6) is 0 Å². The fraction of sp³-hybridized carbons (Fsp3) is 0.556. The Morgan fingerprint density at radius 1 is 1.22 bits per heavy atom. The summed E-state index contributed by atoms with van der Waals surface area (Å²) in [7, 11) is 0. The lowest BCUT2D eigenvalue weighted by Gasteiger charge is -2.26. The molecule has 23 heavy (non-hydrogen) atoms. The van der Waals surface area contributed by atoms with E-state index in [-0.39, 0.29) is 24.4 Å². The number of piperidine rings is 1. The summed E-state index contributed by atoms with van der Waals surface area (Å²) >= 11 is 0. The van der Waals surface area contributed by atoms with Gasteiger partial charge in [0.05, 0.1) is 6.54 Å². The molecule has 1 heterocycles. The molecule has 126 valence electrons. The summed E-state index contributed by atoms with van der Waals surface area (Å²) < 4.78 is 0. The van der Waals surface area contributed by atoms with E-state index < -0.39 is 0 Å². The molecule has 1 unspecified atom stereocenters. The van der Waals surface area contributed by atoms with E-state index in [2.05, 4.69) is 10.6 Å². The molecule has 2 amide bonds. The Bertz CT molecular complexity index is 539. The summed E-state index contributed by atoms with van der Waals surface area (Å²) in [4.78, 5) is 26.2. The van der Waals surface area contributed by atoms with E-state index in [9.17, 15) is 9.59 Å². The SMILES string of the molecule is CCC(C)NC(=O)c1cccc(NCC(=O)N2CCCCC2)c1. The van der Waals surface area contributed by atoms with Gasteiger partial charge in [0.25, 0.3) is 5.91 Å². The maximum absolute atomic E-state index is 12.2. The molecule has 1 aliphatic rings. The summed E-state index contributed by atoms with van der Waals surface area (Å²) in [6, 6.07) is 7.44. The van der Waals surface area contributed by atoms with Crippen LogP contribution in [-0.4, -0.2) is 42.4 Å². The standard InChI is InChI=1S/C18H27N3O2/c1-3-14(2)20-18(23)15-8-7-9-16(12-15)19-13-17(22)21-10-5-4-6-11-21/h7-9,12,14,19H,3-6,10-11,13H2,1-2H3,(H,20,23). The highest BCUT2D eigenvalue weighted by Gasteiger charge is 2.16. The van der Waals surface area contributed by atoms with Crippen molar-refractivity contribution >= 4 is 17.5 Å². The predicted octanol–water partition coefficient (Wildman–Crippen LogP) is 2.64. The smallest absolute Gasteiger partial charge is 0.251 e. The highest BCUT2D eigenvalue weighted by Crippen LogP contribution is 2.12. The molecule has 1 saturated heterocycles. The van der Waals surface area contributed by atoms with Crippen molar-refractivity contribution in [2.75, 3.05) is 25.0 Å². The Hall–Kier alpha value is -2.04. The fourth-order valence-electron chi connectivity index (χ4n) is 2.61. The van der Waals surface area contributed by atoms with E-state index in [1.807, 2.05) is 30.9 Å². The zero-order valence-electron chi connectivity index (χ0n) is 14.1. The van der Waals surface area contributed by atoms with E-state index in [1.54, 1.807) is 12.1 Å². The summed E-state index contributed by atoms with van der Waals surface area (Å²) in [6.45, 7) is 6.01. The second-order valence-electron chi connectivity index (χ2n) is 6.16. The van der Waals surface area contributed by atoms with Crippen LogP contribution in [0.3, 0.4) is 0 Å². The van der Waals surface area contributed by atoms with Crippen LogP contribution in [0, 0.1) is 0 Å². The molecular weight excluding hydrogens is 290 g/mol. The van der Waals surface area contributed by atoms with Gasteiger partial charge in [-0.25, -0.2) is 0 Å². The van der Waals surface area contributed by atoms with Gasteiger partial charge in [-0.1, -0.05) is 13.0 Å². The van der Waals surface area contributed by atoms with Gasteiger partial charge in [0.1, 0.15) is 0 Å². The summed E-state index contributed by atoms with van der Waals surface area (Å²) in [5, 5.41) is 6.08. The maximum Gasteiger partial charge on any atom is 0.251 e. The van der Waals surface area contributed by atoms with Gasteiger partial charge < -0.3 is 15.5 Å². The van der Waals surface area contributed by atoms with E-state index >= 15 is 0 Å². The minimum atomic E-state index is -0.0784. The normalized spacial score (nSPS) is 15.8. The maximum atomic E-state index is 12.2. The lowest BCUT2D eigenvalue weighted by Crippen LogP contribution is -2.39. The molecule has 2 N–H and O–H groups in total. The lowest BCUT2D eigenvalue weighted by atomic mass is 10.1. The number of carbonyl (C=O) groups excluding carboxylic acids is 2. The van der Waals surface area contributed by atoms with Crippen molar-refractivity contribution in [2.24, 2.45) is 0 Å². The van der Waals surface area contributed by atoms with E-state index in [0.29, 0.717) is 5.56 Å². The molecular formula is C18H27N3O2. The van der Waals surface area contributed by atoms with Crippen LogP contribution < -0.4 is 10.6 Å². The number of rotatable bonds is 6. The quantitative estimate of drug-likeness (QED) is 0.848. The van der Waals surface area contributed by atoms with Crippen LogP contribution in [0.15, 0.2) is 24.3 Å². The lowest BCUT2D eigenvalue weighted by molar-refractivity contribution is -0.130. The predicted molar refractivity (Wildman–Crippen MR) is 92.6 cm³/mol. The largest absolute Gasteiger partial charge is 0.376 e. The topological polar surface area (TPSA) is 61.4 Å². The summed E-state index contributed by atoms with van der Waals surface area (Å²) in [6.07, 6.45) is 4.30. The number of nitrogens with zero attached hydrogens (tertiary/aromatic N) is 1. The summed E-state index contributed by atoms with van der Waals surface area (Å²) in [5.41, 5.74) is 1.41. The van der Waals surface area contributed by atoms with Crippen molar-refractivity contribution in [3.8, 4) is 0 Å². The van der Waals surface area contributed by atoms with Crippen LogP contribution in [-0.2, 0) is 4.79 Å². The Balaban J connectivity index is 1.89. The van der Waals surface area contributed by atoms with E-state index in [4.69, 9.17) is 0 Å². The molecule has 1 aromatic carbocycles. The van der Waals surface area contributed by atoms with Crippen LogP contribution in [0.4, 0.5) is 5.69 Å². The van der Waals surface area contributed by atoms with Gasteiger partial charge in [-0.2, -0.15) is 0 Å². The minimum absolute atomic E-state index is 0.0784. The number of hydrogen-bond donors (Lipinski definition) is 2. The van der Waals surface area contributed by atoms with Crippen LogP contribution in [0.25, 0.3) is 0 Å². The van der Waals surface area contributed by atoms with Crippen molar-refractivity contribution in [2.45, 2.75) is 45.6 Å². The van der Waals surface area contributed by atoms with Gasteiger partial charge in [-0.05, 0) is 50.8 Å². The van der Waals surface area contributed by atoms with Gasteiger partial charge in [-0.15, -0.1) is 0 Å². The van der Waals surface area contributed by atoms with Gasteiger partial charge in [0.2, 0.25) is 5.91 Å². The second kappa shape index (κ2) is 8.56. The molecule has 5 heteroatoms. The molecule has 1 aliphatic heterocycles. The monoisotopic (exact) mass is 317 g/mol. The molecule has 1 fully saturated rings. The van der Waals surface area contributed by atoms with Crippen molar-refractivity contribution in [3.63, 3.8) is 0 Å². The molecule has 0 radical (unpaired) electrons. The van der Waals surface area contributed by atoms with Crippen molar-refractivity contribution in [3.05, 3.63) is 29.8 Å². The fourth-order valence-corrected chi connectivity index (χ4v) is 2.61. The molecule has 5 nitrogen and oxygen atoms in total. The number of benzene rings is 1. The average Bonchev–Trinajstić information content (AvgIpc) is 2.60. The van der Waals surface area contributed by atoms with Crippen LogP contribution in [0.2, 0.25) is 0 Å². The third-order valence-corrected chi connectivity index (χ3v) is 4.27. The van der Waals surface area contributed by atoms with Crippen molar-refractivity contribution in [1.82, 2.24) is 10.2 Å². The molecule has 0 aliphatic carbocycles. The van der Waals surface area contributed by atoms with Crippen molar-refractivity contribution < 1.29 is 9.59 Å². The first-order valence-electron chi connectivity index (χ1n) is 8.52. The van der Waals surface area contributed by atoms with Gasteiger partial charge in [0.15, 0.2) is 0 Å². The number of nitrogens with one attached hydrogen (secondary N) is 2. The average molecular weight is 317 g/mol. The third kappa shape index (κ3) is 5.27. The van der Waals surface area contributed by atoms with Gasteiger partial charge >= 0.3 is 0 Å². The Morgan fingerprint density at radius 3 is 2.65 bits per heavy atom. The zero-order valence-corrected chi connectivity index (χ0v) is 14.1. The highest BCUT2D eigenvalue weighted by molar-refractivity contribution is 5.95. The third-order valence-electron chi connectivity index (χ3n) is 4.27. The molecule has 1 aromatic rings. The molecule has 0 saturated carbocycles. The van der Waals surface area contributed by atoms with Crippen LogP contribution >= 0.6 is 0 Å². The minimum Gasteiger partial charge on any atom is -0.376 e. The first-order valence-corrected chi connectivity index (χ1v) is 8.52. The zero-order chi connectivity index (χ0) is 16.7. The van der Waals surface area contributed by atoms with Gasteiger partial charge in [0, 0.05) is 30.4 Å². The molecule has 0 aromatic heterocycles.